The zero-order valence-corrected chi connectivity index (χ0v) is 20.0. The predicted octanol–water partition coefficient (Wildman–Crippen LogP) is 2.93. The van der Waals surface area contributed by atoms with E-state index in [4.69, 9.17) is 0 Å². The Bertz CT molecular complexity index is 1480. The van der Waals surface area contributed by atoms with Crippen LogP contribution >= 0.6 is 0 Å². The van der Waals surface area contributed by atoms with E-state index in [1.54, 1.807) is 17.1 Å². The van der Waals surface area contributed by atoms with Crippen molar-refractivity contribution in [3.05, 3.63) is 78.8 Å². The zero-order valence-electron chi connectivity index (χ0n) is 20.0. The summed E-state index contributed by atoms with van der Waals surface area (Å²) in [5.41, 5.74) is 4.80. The van der Waals surface area contributed by atoms with Crippen LogP contribution in [-0.4, -0.2) is 65.5 Å². The van der Waals surface area contributed by atoms with Crippen molar-refractivity contribution >= 4 is 17.3 Å². The smallest absolute Gasteiger partial charge is 0.225 e. The molecule has 1 aliphatic rings. The number of nitrogens with zero attached hydrogens (tertiary/aromatic N) is 10. The van der Waals surface area contributed by atoms with E-state index in [1.165, 1.54) is 12.3 Å². The van der Waals surface area contributed by atoms with E-state index in [0.717, 1.165) is 59.9 Å². The molecule has 0 aliphatic carbocycles. The van der Waals surface area contributed by atoms with E-state index in [-0.39, 0.29) is 11.7 Å². The number of aryl methyl sites for hydroxylation is 1. The van der Waals surface area contributed by atoms with Gasteiger partial charge in [0.1, 0.15) is 17.7 Å². The molecule has 1 atom stereocenters. The summed E-state index contributed by atoms with van der Waals surface area (Å²) < 4.78 is 16.9. The average molecular weight is 485 g/mol. The second-order valence-electron chi connectivity index (χ2n) is 8.96. The van der Waals surface area contributed by atoms with Crippen molar-refractivity contribution < 1.29 is 4.39 Å². The summed E-state index contributed by atoms with van der Waals surface area (Å²) in [4.78, 5) is 22.5. The molecule has 0 saturated carbocycles. The van der Waals surface area contributed by atoms with Gasteiger partial charge in [0.25, 0.3) is 0 Å². The maximum Gasteiger partial charge on any atom is 0.225 e. The monoisotopic (exact) mass is 484 g/mol. The van der Waals surface area contributed by atoms with Crippen molar-refractivity contribution in [3.8, 4) is 11.1 Å². The minimum absolute atomic E-state index is 0.0183. The third-order valence-corrected chi connectivity index (χ3v) is 6.64. The Hall–Kier alpha value is -4.41. The maximum absolute atomic E-state index is 13.2. The first-order valence-corrected chi connectivity index (χ1v) is 11.8. The van der Waals surface area contributed by atoms with Crippen LogP contribution in [0.1, 0.15) is 24.1 Å². The number of fused-ring (bicyclic) bond motifs is 1. The van der Waals surface area contributed by atoms with Gasteiger partial charge in [0, 0.05) is 80.8 Å². The van der Waals surface area contributed by atoms with Crippen molar-refractivity contribution in [1.29, 1.82) is 0 Å². The molecule has 182 valence electrons. The van der Waals surface area contributed by atoms with E-state index >= 15 is 0 Å². The topological polar surface area (TPSA) is 93.2 Å². The van der Waals surface area contributed by atoms with Crippen molar-refractivity contribution in [3.63, 3.8) is 0 Å². The van der Waals surface area contributed by atoms with Gasteiger partial charge in [-0.3, -0.25) is 9.67 Å². The number of anilines is 2. The van der Waals surface area contributed by atoms with Crippen LogP contribution in [-0.2, 0) is 7.05 Å². The number of piperazine rings is 1. The lowest BCUT2D eigenvalue weighted by Gasteiger charge is -2.35. The number of aromatic nitrogens is 8. The molecule has 6 rings (SSSR count). The maximum atomic E-state index is 13.2. The summed E-state index contributed by atoms with van der Waals surface area (Å²) in [6.45, 7) is 5.16. The minimum atomic E-state index is -0.342. The summed E-state index contributed by atoms with van der Waals surface area (Å²) in [6.07, 6.45) is 12.3. The van der Waals surface area contributed by atoms with Crippen molar-refractivity contribution in [2.24, 2.45) is 7.05 Å². The van der Waals surface area contributed by atoms with E-state index in [9.17, 15) is 4.39 Å². The first kappa shape index (κ1) is 22.1. The molecule has 11 heteroatoms. The van der Waals surface area contributed by atoms with E-state index < -0.39 is 0 Å². The van der Waals surface area contributed by atoms with Gasteiger partial charge in [-0.15, -0.1) is 0 Å². The Labute approximate surface area is 207 Å². The molecular formula is C25H25FN10. The summed E-state index contributed by atoms with van der Waals surface area (Å²) in [5, 5.41) is 8.67. The fraction of sp³-hybridized carbons (Fsp3) is 0.280. The third-order valence-electron chi connectivity index (χ3n) is 6.64. The van der Waals surface area contributed by atoms with Crippen LogP contribution in [0.4, 0.5) is 16.2 Å². The lowest BCUT2D eigenvalue weighted by Crippen LogP contribution is -2.47. The highest BCUT2D eigenvalue weighted by Crippen LogP contribution is 2.28. The molecule has 0 N–H and O–H groups in total. The number of hydrogen-bond donors (Lipinski definition) is 0. The zero-order chi connectivity index (χ0) is 24.6. The molecule has 1 aliphatic heterocycles. The van der Waals surface area contributed by atoms with Crippen molar-refractivity contribution in [2.45, 2.75) is 12.8 Å². The van der Waals surface area contributed by atoms with Gasteiger partial charge in [0.15, 0.2) is 5.82 Å². The third kappa shape index (κ3) is 4.12. The highest BCUT2D eigenvalue weighted by atomic mass is 19.1. The Balaban J connectivity index is 1.15. The van der Waals surface area contributed by atoms with Gasteiger partial charge in [0.2, 0.25) is 5.95 Å². The van der Waals surface area contributed by atoms with Crippen LogP contribution in [0, 0.1) is 5.82 Å². The Morgan fingerprint density at radius 3 is 2.31 bits per heavy atom. The number of halogens is 1. The second kappa shape index (κ2) is 8.99. The number of pyridine rings is 1. The van der Waals surface area contributed by atoms with Gasteiger partial charge in [-0.05, 0) is 23.8 Å². The van der Waals surface area contributed by atoms with Gasteiger partial charge in [-0.25, -0.2) is 23.9 Å². The van der Waals surface area contributed by atoms with Gasteiger partial charge < -0.3 is 9.80 Å². The second-order valence-corrected chi connectivity index (χ2v) is 8.96. The predicted molar refractivity (Wildman–Crippen MR) is 133 cm³/mol. The summed E-state index contributed by atoms with van der Waals surface area (Å²) in [7, 11) is 1.91. The van der Waals surface area contributed by atoms with E-state index in [0.29, 0.717) is 5.95 Å². The SMILES string of the molecule is C[C@@H](c1cnc(N2CCN(c3ncnn4cc(-c5cnn(C)c5)cc34)CC2)nc1)c1ccc(F)cn1. The molecule has 0 amide bonds. The average Bonchev–Trinajstić information content (AvgIpc) is 3.55. The molecule has 1 saturated heterocycles. The normalized spacial score (nSPS) is 15.0. The van der Waals surface area contributed by atoms with Gasteiger partial charge in [0.05, 0.1) is 12.4 Å². The fourth-order valence-electron chi connectivity index (χ4n) is 4.54. The molecule has 36 heavy (non-hydrogen) atoms. The molecule has 10 nitrogen and oxygen atoms in total. The van der Waals surface area contributed by atoms with Crippen LogP contribution in [0.25, 0.3) is 16.6 Å². The molecule has 0 spiro atoms. The highest BCUT2D eigenvalue weighted by Gasteiger charge is 2.23. The van der Waals surface area contributed by atoms with Gasteiger partial charge in [-0.1, -0.05) is 6.92 Å². The summed E-state index contributed by atoms with van der Waals surface area (Å²) in [6, 6.07) is 5.23. The molecule has 0 aromatic carbocycles. The van der Waals surface area contributed by atoms with Gasteiger partial charge in [-0.2, -0.15) is 10.2 Å². The summed E-state index contributed by atoms with van der Waals surface area (Å²) in [5.74, 6) is 1.25. The highest BCUT2D eigenvalue weighted by molar-refractivity contribution is 5.77. The molecule has 0 unspecified atom stereocenters. The Morgan fingerprint density at radius 1 is 0.833 bits per heavy atom. The molecule has 5 aromatic rings. The Kier molecular flexibility index (Phi) is 5.51. The van der Waals surface area contributed by atoms with E-state index in [2.05, 4.69) is 46.0 Å². The minimum Gasteiger partial charge on any atom is -0.351 e. The molecule has 1 fully saturated rings. The molecule has 6 heterocycles. The fourth-order valence-corrected chi connectivity index (χ4v) is 4.54. The molecular weight excluding hydrogens is 459 g/mol. The number of rotatable bonds is 5. The van der Waals surface area contributed by atoms with Crippen LogP contribution in [0.5, 0.6) is 0 Å². The first-order valence-electron chi connectivity index (χ1n) is 11.8. The molecule has 5 aromatic heterocycles. The summed E-state index contributed by atoms with van der Waals surface area (Å²) >= 11 is 0. The van der Waals surface area contributed by atoms with Crippen LogP contribution in [0.2, 0.25) is 0 Å². The largest absolute Gasteiger partial charge is 0.351 e. The van der Waals surface area contributed by atoms with Crippen LogP contribution in [0.15, 0.2) is 61.7 Å². The molecule has 0 bridgehead atoms. The quantitative estimate of drug-likeness (QED) is 0.376. The lowest BCUT2D eigenvalue weighted by molar-refractivity contribution is 0.617. The molecule has 0 radical (unpaired) electrons. The standard InChI is InChI=1S/C25H25FN10/c1-17(22-4-3-21(26)13-27-22)19-10-28-25(29-11-19)35-7-5-34(6-8-35)24-23-9-18(15-36(23)32-16-30-24)20-12-31-33(2)14-20/h3-4,9-17H,5-8H2,1-2H3/t17-/m0/s1. The number of hydrogen-bond acceptors (Lipinski definition) is 8. The van der Waals surface area contributed by atoms with Crippen LogP contribution in [0.3, 0.4) is 0 Å². The van der Waals surface area contributed by atoms with Crippen molar-refractivity contribution in [2.75, 3.05) is 36.0 Å². The first-order chi connectivity index (χ1) is 17.5. The Morgan fingerprint density at radius 2 is 1.61 bits per heavy atom. The lowest BCUT2D eigenvalue weighted by atomic mass is 10.0. The van der Waals surface area contributed by atoms with E-state index in [1.807, 2.05) is 49.5 Å². The van der Waals surface area contributed by atoms with Crippen molar-refractivity contribution in [1.82, 2.24) is 39.3 Å². The van der Waals surface area contributed by atoms with Gasteiger partial charge >= 0.3 is 0 Å². The van der Waals surface area contributed by atoms with Crippen LogP contribution < -0.4 is 9.80 Å².